The van der Waals surface area contributed by atoms with Gasteiger partial charge in [0.2, 0.25) is 0 Å². The molecule has 1 aliphatic rings. The number of carbonyl (C=O) groups excluding carboxylic acids is 1. The average Bonchev–Trinajstić information content (AvgIpc) is 2.97. The third-order valence-electron chi connectivity index (χ3n) is 6.65. The van der Waals surface area contributed by atoms with E-state index in [1.807, 2.05) is 0 Å². The molecule has 1 aliphatic carbocycles. The van der Waals surface area contributed by atoms with Crippen LogP contribution in [0.15, 0.2) is 0 Å². The fourth-order valence-electron chi connectivity index (χ4n) is 3.62. The predicted octanol–water partition coefficient (Wildman–Crippen LogP) is 5.95. The molecule has 4 atom stereocenters. The lowest BCUT2D eigenvalue weighted by atomic mass is 9.90. The number of methoxy groups -OCH3 is 1. The number of ether oxygens (including phenoxy) is 2. The Kier molecular flexibility index (Phi) is 10.0. The van der Waals surface area contributed by atoms with Crippen molar-refractivity contribution >= 4 is 14.3 Å². The van der Waals surface area contributed by atoms with Crippen molar-refractivity contribution in [1.82, 2.24) is 0 Å². The van der Waals surface area contributed by atoms with Gasteiger partial charge in [-0.05, 0) is 63.1 Å². The Morgan fingerprint density at radius 3 is 2.37 bits per heavy atom. The summed E-state index contributed by atoms with van der Waals surface area (Å²) in [6.45, 7) is 16.4. The molecular weight excluding hydrogens is 356 g/mol. The lowest BCUT2D eigenvalue weighted by Crippen LogP contribution is -2.46. The number of carbonyl (C=O) groups is 1. The van der Waals surface area contributed by atoms with E-state index in [1.165, 1.54) is 7.11 Å². The summed E-state index contributed by atoms with van der Waals surface area (Å²) in [5.74, 6) is 0.213. The Balaban J connectivity index is 2.54. The summed E-state index contributed by atoms with van der Waals surface area (Å²) in [7, 11) is -0.380. The molecule has 1 rings (SSSR count). The van der Waals surface area contributed by atoms with Crippen LogP contribution in [0.5, 0.6) is 0 Å². The van der Waals surface area contributed by atoms with E-state index in [2.05, 4.69) is 47.7 Å². The Labute approximate surface area is 168 Å². The van der Waals surface area contributed by atoms with E-state index in [9.17, 15) is 4.79 Å². The molecule has 0 radical (unpaired) electrons. The van der Waals surface area contributed by atoms with E-state index < -0.39 is 8.32 Å². The van der Waals surface area contributed by atoms with E-state index in [0.717, 1.165) is 51.6 Å². The minimum atomic E-state index is -1.89. The van der Waals surface area contributed by atoms with Crippen LogP contribution >= 0.6 is 0 Å². The Bertz CT molecular complexity index is 444. The summed E-state index contributed by atoms with van der Waals surface area (Å²) in [6, 6.07) is 0. The first-order chi connectivity index (χ1) is 12.5. The van der Waals surface area contributed by atoms with Crippen molar-refractivity contribution in [1.29, 1.82) is 0 Å². The highest BCUT2D eigenvalue weighted by Gasteiger charge is 2.47. The highest BCUT2D eigenvalue weighted by atomic mass is 28.4. The van der Waals surface area contributed by atoms with Gasteiger partial charge >= 0.3 is 5.97 Å². The minimum Gasteiger partial charge on any atom is -0.469 e. The highest BCUT2D eigenvalue weighted by molar-refractivity contribution is 6.74. The molecule has 27 heavy (non-hydrogen) atoms. The number of hydrogen-bond acceptors (Lipinski definition) is 4. The highest BCUT2D eigenvalue weighted by Crippen LogP contribution is 2.44. The summed E-state index contributed by atoms with van der Waals surface area (Å²) < 4.78 is 17.5. The van der Waals surface area contributed by atoms with Crippen molar-refractivity contribution in [2.24, 2.45) is 11.8 Å². The Morgan fingerprint density at radius 2 is 1.81 bits per heavy atom. The maximum absolute atomic E-state index is 12.5. The molecule has 1 unspecified atom stereocenters. The van der Waals surface area contributed by atoms with Crippen molar-refractivity contribution in [2.45, 2.75) is 110 Å². The van der Waals surface area contributed by atoms with Crippen molar-refractivity contribution in [3.8, 4) is 0 Å². The molecule has 0 amide bonds. The van der Waals surface area contributed by atoms with Gasteiger partial charge in [0.25, 0.3) is 0 Å². The largest absolute Gasteiger partial charge is 0.469 e. The van der Waals surface area contributed by atoms with Gasteiger partial charge in [-0.1, -0.05) is 40.5 Å². The summed E-state index contributed by atoms with van der Waals surface area (Å²) in [5.41, 5.74) is 0. The van der Waals surface area contributed by atoms with Gasteiger partial charge in [-0.25, -0.2) is 0 Å². The zero-order valence-corrected chi connectivity index (χ0v) is 20.1. The van der Waals surface area contributed by atoms with Crippen LogP contribution in [0.2, 0.25) is 18.1 Å². The zero-order chi connectivity index (χ0) is 20.7. The molecule has 0 bridgehead atoms. The van der Waals surface area contributed by atoms with Crippen molar-refractivity contribution < 1.29 is 18.7 Å². The number of hydrogen-bond donors (Lipinski definition) is 0. The van der Waals surface area contributed by atoms with Crippen molar-refractivity contribution in [2.75, 3.05) is 13.7 Å². The lowest BCUT2D eigenvalue weighted by Gasteiger charge is -2.39. The summed E-state index contributed by atoms with van der Waals surface area (Å²) >= 11 is 0. The monoisotopic (exact) mass is 400 g/mol. The molecule has 1 fully saturated rings. The van der Waals surface area contributed by atoms with Gasteiger partial charge in [-0.2, -0.15) is 0 Å². The van der Waals surface area contributed by atoms with Crippen LogP contribution in [0, 0.1) is 11.8 Å². The molecule has 1 saturated carbocycles. The third-order valence-corrected chi connectivity index (χ3v) is 11.2. The van der Waals surface area contributed by atoms with Crippen LogP contribution in [0.4, 0.5) is 0 Å². The van der Waals surface area contributed by atoms with Gasteiger partial charge in [0.05, 0.1) is 25.2 Å². The van der Waals surface area contributed by atoms with Gasteiger partial charge in [0.1, 0.15) is 0 Å². The van der Waals surface area contributed by atoms with Crippen LogP contribution in [0.1, 0.15) is 79.6 Å². The minimum absolute atomic E-state index is 0.0251. The summed E-state index contributed by atoms with van der Waals surface area (Å²) in [6.07, 6.45) is 8.00. The first-order valence-corrected chi connectivity index (χ1v) is 13.8. The summed E-state index contributed by atoms with van der Waals surface area (Å²) in [5, 5.41) is 0.154. The van der Waals surface area contributed by atoms with E-state index in [0.29, 0.717) is 12.0 Å². The molecular formula is C22H44O4Si. The van der Waals surface area contributed by atoms with Gasteiger partial charge in [-0.15, -0.1) is 0 Å². The van der Waals surface area contributed by atoms with Gasteiger partial charge in [-0.3, -0.25) is 4.79 Å². The zero-order valence-electron chi connectivity index (χ0n) is 19.1. The molecule has 0 heterocycles. The molecule has 0 aliphatic heterocycles. The first-order valence-electron chi connectivity index (χ1n) is 10.9. The molecule has 0 saturated heterocycles. The van der Waals surface area contributed by atoms with Gasteiger partial charge in [0.15, 0.2) is 8.32 Å². The van der Waals surface area contributed by atoms with Crippen LogP contribution in [-0.4, -0.2) is 40.2 Å². The number of esters is 1. The molecule has 0 N–H and O–H groups in total. The topological polar surface area (TPSA) is 44.8 Å². The fraction of sp³-hybridized carbons (Fsp3) is 0.955. The quantitative estimate of drug-likeness (QED) is 0.244. The van der Waals surface area contributed by atoms with E-state index in [-0.39, 0.29) is 23.0 Å². The van der Waals surface area contributed by atoms with E-state index in [4.69, 9.17) is 13.9 Å². The van der Waals surface area contributed by atoms with Crippen LogP contribution in [0.3, 0.4) is 0 Å². The normalized spacial score (nSPS) is 24.8. The lowest BCUT2D eigenvalue weighted by molar-refractivity contribution is -0.149. The van der Waals surface area contributed by atoms with E-state index in [1.54, 1.807) is 0 Å². The second kappa shape index (κ2) is 11.0. The molecule has 5 heteroatoms. The molecule has 160 valence electrons. The van der Waals surface area contributed by atoms with Crippen LogP contribution in [-0.2, 0) is 18.7 Å². The van der Waals surface area contributed by atoms with Crippen molar-refractivity contribution in [3.63, 3.8) is 0 Å². The van der Waals surface area contributed by atoms with Crippen LogP contribution < -0.4 is 0 Å². The average molecular weight is 401 g/mol. The van der Waals surface area contributed by atoms with Crippen LogP contribution in [0.25, 0.3) is 0 Å². The Morgan fingerprint density at radius 1 is 1.15 bits per heavy atom. The maximum atomic E-state index is 12.5. The molecule has 4 nitrogen and oxygen atoms in total. The standard InChI is InChI=1S/C22H44O4Si/c1-9-17(2)25-16-12-10-11-13-18-14-15-19(20(18)21(23)24-6)26-27(7,8)22(3,4)5/h17-20H,9-16H2,1-8H3/t17?,18-,19-,20+/m0/s1. The third kappa shape index (κ3) is 7.50. The molecule has 0 aromatic carbocycles. The Hall–Kier alpha value is -0.393. The van der Waals surface area contributed by atoms with Gasteiger partial charge in [0, 0.05) is 6.61 Å². The fourth-order valence-corrected chi connectivity index (χ4v) is 5.00. The number of rotatable bonds is 11. The molecule has 0 spiro atoms. The summed E-state index contributed by atoms with van der Waals surface area (Å²) in [4.78, 5) is 12.5. The van der Waals surface area contributed by atoms with E-state index >= 15 is 0 Å². The van der Waals surface area contributed by atoms with Gasteiger partial charge < -0.3 is 13.9 Å². The second-order valence-corrected chi connectivity index (χ2v) is 14.5. The molecule has 0 aromatic rings. The second-order valence-electron chi connectivity index (χ2n) is 9.74. The SMILES string of the molecule is CCC(C)OCCCCC[C@H]1CC[C@H](O[Si](C)(C)C(C)(C)C)[C@@H]1C(=O)OC. The number of unbranched alkanes of at least 4 members (excludes halogenated alkanes) is 2. The van der Waals surface area contributed by atoms with Crippen molar-refractivity contribution in [3.05, 3.63) is 0 Å². The molecule has 0 aromatic heterocycles. The first kappa shape index (κ1) is 24.6. The smallest absolute Gasteiger partial charge is 0.311 e. The maximum Gasteiger partial charge on any atom is 0.311 e. The predicted molar refractivity (Wildman–Crippen MR) is 114 cm³/mol.